The third-order valence-electron chi connectivity index (χ3n) is 1.52. The molecular formula is C7H11N3O4S2. The maximum absolute atomic E-state index is 11.2. The summed E-state index contributed by atoms with van der Waals surface area (Å²) in [7, 11) is -3.52. The van der Waals surface area contributed by atoms with Crippen molar-refractivity contribution in [2.24, 2.45) is 0 Å². The second-order valence-electron chi connectivity index (χ2n) is 2.75. The van der Waals surface area contributed by atoms with E-state index in [1.54, 1.807) is 6.92 Å². The highest BCUT2D eigenvalue weighted by Gasteiger charge is 2.11. The zero-order valence-electron chi connectivity index (χ0n) is 8.43. The molecule has 3 N–H and O–H groups in total. The zero-order valence-corrected chi connectivity index (χ0v) is 10.1. The largest absolute Gasteiger partial charge is 0.476 e. The van der Waals surface area contributed by atoms with Crippen molar-refractivity contribution in [1.29, 1.82) is 0 Å². The molecule has 7 nitrogen and oxygen atoms in total. The van der Waals surface area contributed by atoms with E-state index in [-0.39, 0.29) is 18.8 Å². The molecule has 0 saturated heterocycles. The Morgan fingerprint density at radius 1 is 1.56 bits per heavy atom. The van der Waals surface area contributed by atoms with Gasteiger partial charge >= 0.3 is 5.97 Å². The lowest BCUT2D eigenvalue weighted by atomic mass is 10.5. The molecule has 0 aromatic carbocycles. The van der Waals surface area contributed by atoms with Crippen LogP contribution in [0.5, 0.6) is 0 Å². The molecule has 90 valence electrons. The van der Waals surface area contributed by atoms with Gasteiger partial charge in [0, 0.05) is 11.9 Å². The molecule has 0 aliphatic heterocycles. The Morgan fingerprint density at radius 3 is 2.75 bits per heavy atom. The first-order valence-electron chi connectivity index (χ1n) is 4.36. The molecule has 0 saturated carbocycles. The van der Waals surface area contributed by atoms with Gasteiger partial charge in [0.2, 0.25) is 0 Å². The van der Waals surface area contributed by atoms with Crippen LogP contribution in [0, 0.1) is 0 Å². The molecule has 0 bridgehead atoms. The fourth-order valence-corrected chi connectivity index (χ4v) is 2.50. The normalized spacial score (nSPS) is 11.6. The van der Waals surface area contributed by atoms with Gasteiger partial charge < -0.3 is 5.11 Å². The van der Waals surface area contributed by atoms with Crippen molar-refractivity contribution in [3.8, 4) is 0 Å². The third-order valence-corrected chi connectivity index (χ3v) is 3.56. The molecule has 16 heavy (non-hydrogen) atoms. The van der Waals surface area contributed by atoms with Gasteiger partial charge in [0.15, 0.2) is 5.69 Å². The van der Waals surface area contributed by atoms with Crippen LogP contribution in [0.4, 0.5) is 0 Å². The van der Waals surface area contributed by atoms with Gasteiger partial charge in [-0.3, -0.25) is 0 Å². The van der Waals surface area contributed by atoms with Gasteiger partial charge in [-0.05, 0) is 0 Å². The minimum absolute atomic E-state index is 0.0206. The van der Waals surface area contributed by atoms with Gasteiger partial charge in [0.05, 0.1) is 6.54 Å². The first-order valence-corrected chi connectivity index (χ1v) is 6.73. The van der Waals surface area contributed by atoms with E-state index in [0.717, 1.165) is 11.3 Å². The highest BCUT2D eigenvalue weighted by Crippen LogP contribution is 2.09. The molecule has 1 rings (SSSR count). The predicted molar refractivity (Wildman–Crippen MR) is 58.5 cm³/mol. The Kier molecular flexibility index (Phi) is 4.35. The minimum atomic E-state index is -3.52. The van der Waals surface area contributed by atoms with Gasteiger partial charge in [0.1, 0.15) is 5.01 Å². The van der Waals surface area contributed by atoms with Gasteiger partial charge in [-0.25, -0.2) is 14.5 Å². The van der Waals surface area contributed by atoms with Crippen LogP contribution in [-0.2, 0) is 16.8 Å². The number of carboxylic acids is 1. The monoisotopic (exact) mass is 265 g/mol. The smallest absolute Gasteiger partial charge is 0.355 e. The predicted octanol–water partition coefficient (Wildman–Crippen LogP) is -0.215. The topological polar surface area (TPSA) is 108 Å². The van der Waals surface area contributed by atoms with Crippen LogP contribution in [0.15, 0.2) is 5.38 Å². The number of nitrogens with zero attached hydrogens (tertiary/aromatic N) is 1. The summed E-state index contributed by atoms with van der Waals surface area (Å²) >= 11 is 1.09. The van der Waals surface area contributed by atoms with Crippen molar-refractivity contribution in [3.05, 3.63) is 16.1 Å². The second-order valence-corrected chi connectivity index (χ2v) is 5.28. The quantitative estimate of drug-likeness (QED) is 0.659. The number of hydrogen-bond acceptors (Lipinski definition) is 5. The fourth-order valence-electron chi connectivity index (χ4n) is 0.888. The van der Waals surface area contributed by atoms with E-state index in [1.807, 2.05) is 0 Å². The summed E-state index contributed by atoms with van der Waals surface area (Å²) in [5.41, 5.74) is -0.0809. The van der Waals surface area contributed by atoms with E-state index in [4.69, 9.17) is 5.11 Å². The standard InChI is InChI=1S/C7H11N3O4S2/c1-2-8-16(13,14)9-3-6-10-5(4-15-6)7(11)12/h4,8-9H,2-3H2,1H3,(H,11,12). The number of carbonyl (C=O) groups is 1. The summed E-state index contributed by atoms with van der Waals surface area (Å²) in [6, 6.07) is 0. The molecule has 1 aromatic rings. The molecule has 1 aromatic heterocycles. The zero-order chi connectivity index (χ0) is 12.2. The van der Waals surface area contributed by atoms with Gasteiger partial charge in [0.25, 0.3) is 10.2 Å². The SMILES string of the molecule is CCNS(=O)(=O)NCc1nc(C(=O)O)cs1. The van der Waals surface area contributed by atoms with E-state index < -0.39 is 16.2 Å². The van der Waals surface area contributed by atoms with Crippen LogP contribution < -0.4 is 9.44 Å². The van der Waals surface area contributed by atoms with Crippen LogP contribution in [0.25, 0.3) is 0 Å². The Bertz CT molecular complexity index is 468. The Labute approximate surface area is 96.7 Å². The van der Waals surface area contributed by atoms with Crippen LogP contribution >= 0.6 is 11.3 Å². The summed E-state index contributed by atoms with van der Waals surface area (Å²) in [5, 5.41) is 10.4. The lowest BCUT2D eigenvalue weighted by molar-refractivity contribution is 0.0691. The molecule has 0 fully saturated rings. The number of hydrogen-bond donors (Lipinski definition) is 3. The van der Waals surface area contributed by atoms with Crippen LogP contribution in [-0.4, -0.2) is 31.0 Å². The molecule has 0 atom stereocenters. The number of aromatic nitrogens is 1. The summed E-state index contributed by atoms with van der Waals surface area (Å²) < 4.78 is 26.9. The molecule has 1 heterocycles. The highest BCUT2D eigenvalue weighted by atomic mass is 32.2. The summed E-state index contributed by atoms with van der Waals surface area (Å²) in [4.78, 5) is 14.2. The van der Waals surface area contributed by atoms with E-state index in [1.165, 1.54) is 5.38 Å². The van der Waals surface area contributed by atoms with Crippen molar-refractivity contribution in [1.82, 2.24) is 14.4 Å². The molecule has 0 spiro atoms. The molecule has 0 unspecified atom stereocenters. The summed E-state index contributed by atoms with van der Waals surface area (Å²) in [5.74, 6) is -1.13. The van der Waals surface area contributed by atoms with Crippen molar-refractivity contribution in [2.45, 2.75) is 13.5 Å². The Morgan fingerprint density at radius 2 is 2.25 bits per heavy atom. The number of thiazole rings is 1. The van der Waals surface area contributed by atoms with E-state index in [0.29, 0.717) is 5.01 Å². The molecule has 9 heteroatoms. The average Bonchev–Trinajstić information content (AvgIpc) is 2.63. The first kappa shape index (κ1) is 13.0. The maximum atomic E-state index is 11.2. The summed E-state index contributed by atoms with van der Waals surface area (Å²) in [6.07, 6.45) is 0. The number of carboxylic acid groups (broad SMARTS) is 1. The Balaban J connectivity index is 2.58. The van der Waals surface area contributed by atoms with E-state index in [9.17, 15) is 13.2 Å². The van der Waals surface area contributed by atoms with Crippen molar-refractivity contribution >= 4 is 27.5 Å². The van der Waals surface area contributed by atoms with E-state index in [2.05, 4.69) is 14.4 Å². The van der Waals surface area contributed by atoms with Crippen molar-refractivity contribution in [2.75, 3.05) is 6.54 Å². The Hall–Kier alpha value is -1.03. The van der Waals surface area contributed by atoms with Crippen LogP contribution in [0.1, 0.15) is 22.4 Å². The highest BCUT2D eigenvalue weighted by molar-refractivity contribution is 7.87. The van der Waals surface area contributed by atoms with Gasteiger partial charge in [-0.1, -0.05) is 6.92 Å². The molecule has 0 aliphatic carbocycles. The van der Waals surface area contributed by atoms with Crippen molar-refractivity contribution < 1.29 is 18.3 Å². The molecule has 0 radical (unpaired) electrons. The van der Waals surface area contributed by atoms with Crippen LogP contribution in [0.3, 0.4) is 0 Å². The average molecular weight is 265 g/mol. The minimum Gasteiger partial charge on any atom is -0.476 e. The first-order chi connectivity index (χ1) is 7.44. The fraction of sp³-hybridized carbons (Fsp3) is 0.429. The number of rotatable bonds is 6. The number of aromatic carboxylic acids is 1. The maximum Gasteiger partial charge on any atom is 0.355 e. The molecular weight excluding hydrogens is 254 g/mol. The lowest BCUT2D eigenvalue weighted by Crippen LogP contribution is -2.35. The molecule has 0 amide bonds. The van der Waals surface area contributed by atoms with Gasteiger partial charge in [-0.15, -0.1) is 11.3 Å². The molecule has 0 aliphatic rings. The third kappa shape index (κ3) is 3.85. The lowest BCUT2D eigenvalue weighted by Gasteiger charge is -2.03. The van der Waals surface area contributed by atoms with Gasteiger partial charge in [-0.2, -0.15) is 13.1 Å². The second kappa shape index (κ2) is 5.34. The van der Waals surface area contributed by atoms with Crippen LogP contribution in [0.2, 0.25) is 0 Å². The van der Waals surface area contributed by atoms with E-state index >= 15 is 0 Å². The number of nitrogens with one attached hydrogen (secondary N) is 2. The van der Waals surface area contributed by atoms with Crippen molar-refractivity contribution in [3.63, 3.8) is 0 Å². The summed E-state index contributed by atoms with van der Waals surface area (Å²) in [6.45, 7) is 1.92.